The fourth-order valence-corrected chi connectivity index (χ4v) is 2.56. The molecule has 0 radical (unpaired) electrons. The molecular formula is C21H23NO7. The summed E-state index contributed by atoms with van der Waals surface area (Å²) in [5.41, 5.74) is 1.10. The predicted octanol–water partition coefficient (Wildman–Crippen LogP) is 3.16. The van der Waals surface area contributed by atoms with Gasteiger partial charge in [0.2, 0.25) is 5.91 Å². The van der Waals surface area contributed by atoms with Gasteiger partial charge in [-0.05, 0) is 23.8 Å². The summed E-state index contributed by atoms with van der Waals surface area (Å²) in [5.74, 6) is 0.762. The molecule has 0 aliphatic carbocycles. The van der Waals surface area contributed by atoms with Gasteiger partial charge in [0, 0.05) is 18.2 Å². The van der Waals surface area contributed by atoms with Crippen LogP contribution in [0.4, 0.5) is 5.69 Å². The van der Waals surface area contributed by atoms with Gasteiger partial charge in [-0.15, -0.1) is 0 Å². The number of ether oxygens (including phenoxy) is 5. The summed E-state index contributed by atoms with van der Waals surface area (Å²) < 4.78 is 25.6. The first-order valence-electron chi connectivity index (χ1n) is 8.52. The maximum absolute atomic E-state index is 12.4. The molecule has 0 fully saturated rings. The molecule has 0 atom stereocenters. The zero-order valence-electron chi connectivity index (χ0n) is 16.9. The topological polar surface area (TPSA) is 92.3 Å². The van der Waals surface area contributed by atoms with Gasteiger partial charge in [-0.1, -0.05) is 6.07 Å². The van der Waals surface area contributed by atoms with E-state index >= 15 is 0 Å². The van der Waals surface area contributed by atoms with Crippen LogP contribution in [-0.4, -0.2) is 47.4 Å². The molecule has 0 bridgehead atoms. The van der Waals surface area contributed by atoms with Crippen molar-refractivity contribution in [2.45, 2.75) is 0 Å². The standard InChI is InChI=1S/C21H23NO7/c1-25-16-8-6-13(10-17(16)26-2)7-9-20(23)22-15-12-19(28-4)18(27-3)11-14(15)21(24)29-5/h6-12H,1-5H3,(H,22,23). The van der Waals surface area contributed by atoms with Crippen molar-refractivity contribution in [1.29, 1.82) is 0 Å². The molecule has 8 nitrogen and oxygen atoms in total. The van der Waals surface area contributed by atoms with Crippen LogP contribution in [0.3, 0.4) is 0 Å². The first-order valence-corrected chi connectivity index (χ1v) is 8.52. The third-order valence-electron chi connectivity index (χ3n) is 4.02. The van der Waals surface area contributed by atoms with E-state index in [0.29, 0.717) is 23.0 Å². The lowest BCUT2D eigenvalue weighted by Crippen LogP contribution is -2.13. The van der Waals surface area contributed by atoms with Gasteiger partial charge in [0.15, 0.2) is 23.0 Å². The number of amides is 1. The fraction of sp³-hybridized carbons (Fsp3) is 0.238. The minimum atomic E-state index is -0.620. The van der Waals surface area contributed by atoms with Crippen molar-refractivity contribution in [2.75, 3.05) is 40.9 Å². The van der Waals surface area contributed by atoms with Gasteiger partial charge in [0.05, 0.1) is 46.8 Å². The fourth-order valence-electron chi connectivity index (χ4n) is 2.56. The maximum atomic E-state index is 12.4. The van der Waals surface area contributed by atoms with E-state index in [9.17, 15) is 9.59 Å². The quantitative estimate of drug-likeness (QED) is 0.536. The largest absolute Gasteiger partial charge is 0.493 e. The van der Waals surface area contributed by atoms with Gasteiger partial charge in [0.25, 0.3) is 0 Å². The van der Waals surface area contributed by atoms with Crippen LogP contribution >= 0.6 is 0 Å². The van der Waals surface area contributed by atoms with E-state index in [1.165, 1.54) is 46.6 Å². The Labute approximate surface area is 169 Å². The number of rotatable bonds is 8. The van der Waals surface area contributed by atoms with Crippen LogP contribution in [0.25, 0.3) is 6.08 Å². The second-order valence-electron chi connectivity index (χ2n) is 5.68. The Morgan fingerprint density at radius 3 is 1.97 bits per heavy atom. The van der Waals surface area contributed by atoms with E-state index in [1.54, 1.807) is 31.4 Å². The van der Waals surface area contributed by atoms with Crippen LogP contribution < -0.4 is 24.3 Å². The van der Waals surface area contributed by atoms with Gasteiger partial charge in [-0.2, -0.15) is 0 Å². The van der Waals surface area contributed by atoms with E-state index in [-0.39, 0.29) is 11.3 Å². The smallest absolute Gasteiger partial charge is 0.340 e. The summed E-state index contributed by atoms with van der Waals surface area (Å²) in [7, 11) is 7.23. The number of carbonyl (C=O) groups excluding carboxylic acids is 2. The number of esters is 1. The summed E-state index contributed by atoms with van der Waals surface area (Å²) in [4.78, 5) is 24.5. The second-order valence-corrected chi connectivity index (χ2v) is 5.68. The van der Waals surface area contributed by atoms with Crippen molar-refractivity contribution < 1.29 is 33.3 Å². The molecule has 2 rings (SSSR count). The van der Waals surface area contributed by atoms with E-state index in [0.717, 1.165) is 5.56 Å². The van der Waals surface area contributed by atoms with Crippen molar-refractivity contribution in [2.24, 2.45) is 0 Å². The van der Waals surface area contributed by atoms with E-state index in [2.05, 4.69) is 5.32 Å². The molecule has 0 aliphatic rings. The first-order chi connectivity index (χ1) is 14.0. The van der Waals surface area contributed by atoms with Crippen molar-refractivity contribution in [3.8, 4) is 23.0 Å². The molecule has 29 heavy (non-hydrogen) atoms. The SMILES string of the molecule is COC(=O)c1cc(OC)c(OC)cc1NC(=O)C=Cc1ccc(OC)c(OC)c1. The molecule has 0 aliphatic heterocycles. The number of methoxy groups -OCH3 is 5. The normalized spacial score (nSPS) is 10.4. The Morgan fingerprint density at radius 2 is 1.38 bits per heavy atom. The summed E-state index contributed by atoms with van der Waals surface area (Å²) in [6, 6.07) is 8.19. The van der Waals surface area contributed by atoms with Crippen LogP contribution in [0.2, 0.25) is 0 Å². The minimum Gasteiger partial charge on any atom is -0.493 e. The highest BCUT2D eigenvalue weighted by molar-refractivity contribution is 6.07. The Bertz CT molecular complexity index is 921. The van der Waals surface area contributed by atoms with Crippen LogP contribution in [0, 0.1) is 0 Å². The summed E-state index contributed by atoms with van der Waals surface area (Å²) in [6.07, 6.45) is 2.94. The highest BCUT2D eigenvalue weighted by atomic mass is 16.5. The number of hydrogen-bond donors (Lipinski definition) is 1. The van der Waals surface area contributed by atoms with Crippen molar-refractivity contribution >= 4 is 23.6 Å². The molecule has 1 N–H and O–H groups in total. The van der Waals surface area contributed by atoms with Gasteiger partial charge < -0.3 is 29.0 Å². The average molecular weight is 401 g/mol. The Morgan fingerprint density at radius 1 is 0.793 bits per heavy atom. The second kappa shape index (κ2) is 10.0. The molecule has 2 aromatic rings. The number of hydrogen-bond acceptors (Lipinski definition) is 7. The van der Waals surface area contributed by atoms with Crippen molar-refractivity contribution in [3.63, 3.8) is 0 Å². The Kier molecular flexibility index (Phi) is 7.47. The highest BCUT2D eigenvalue weighted by Gasteiger charge is 2.18. The zero-order valence-corrected chi connectivity index (χ0v) is 16.9. The van der Waals surface area contributed by atoms with Crippen molar-refractivity contribution in [3.05, 3.63) is 47.5 Å². The molecule has 0 saturated carbocycles. The monoisotopic (exact) mass is 401 g/mol. The van der Waals surface area contributed by atoms with E-state index in [1.807, 2.05) is 0 Å². The molecule has 0 saturated heterocycles. The number of anilines is 1. The molecule has 2 aromatic carbocycles. The number of nitrogens with one attached hydrogen (secondary N) is 1. The summed E-state index contributed by atoms with van der Waals surface area (Å²) in [5, 5.41) is 2.66. The number of benzene rings is 2. The van der Waals surface area contributed by atoms with Crippen LogP contribution in [0.5, 0.6) is 23.0 Å². The maximum Gasteiger partial charge on any atom is 0.340 e. The van der Waals surface area contributed by atoms with Gasteiger partial charge in [-0.3, -0.25) is 4.79 Å². The van der Waals surface area contributed by atoms with E-state index in [4.69, 9.17) is 23.7 Å². The third-order valence-corrected chi connectivity index (χ3v) is 4.02. The lowest BCUT2D eigenvalue weighted by Gasteiger charge is -2.14. The lowest BCUT2D eigenvalue weighted by atomic mass is 10.1. The van der Waals surface area contributed by atoms with Gasteiger partial charge in [0.1, 0.15) is 0 Å². The van der Waals surface area contributed by atoms with Crippen LogP contribution in [-0.2, 0) is 9.53 Å². The highest BCUT2D eigenvalue weighted by Crippen LogP contribution is 2.34. The van der Waals surface area contributed by atoms with E-state index < -0.39 is 11.9 Å². The van der Waals surface area contributed by atoms with Gasteiger partial charge >= 0.3 is 5.97 Å². The summed E-state index contributed by atoms with van der Waals surface area (Å²) in [6.45, 7) is 0. The minimum absolute atomic E-state index is 0.137. The number of carbonyl (C=O) groups is 2. The molecule has 0 unspecified atom stereocenters. The molecule has 0 spiro atoms. The van der Waals surface area contributed by atoms with Gasteiger partial charge in [-0.25, -0.2) is 4.79 Å². The van der Waals surface area contributed by atoms with Crippen LogP contribution in [0.15, 0.2) is 36.4 Å². The molecular weight excluding hydrogens is 378 g/mol. The zero-order chi connectivity index (χ0) is 21.4. The van der Waals surface area contributed by atoms with Crippen LogP contribution in [0.1, 0.15) is 15.9 Å². The molecule has 1 amide bonds. The average Bonchev–Trinajstić information content (AvgIpc) is 2.76. The molecule has 0 heterocycles. The predicted molar refractivity (Wildman–Crippen MR) is 108 cm³/mol. The molecule has 0 aromatic heterocycles. The molecule has 154 valence electrons. The Hall–Kier alpha value is -3.68. The summed E-state index contributed by atoms with van der Waals surface area (Å²) >= 11 is 0. The Balaban J connectivity index is 2.27. The third kappa shape index (κ3) is 5.19. The van der Waals surface area contributed by atoms with Crippen molar-refractivity contribution in [1.82, 2.24) is 0 Å². The lowest BCUT2D eigenvalue weighted by molar-refractivity contribution is -0.111. The first kappa shape index (κ1) is 21.6. The molecule has 8 heteroatoms.